The summed E-state index contributed by atoms with van der Waals surface area (Å²) in [5.74, 6) is 0.0897. The van der Waals surface area contributed by atoms with E-state index in [0.29, 0.717) is 22.2 Å². The van der Waals surface area contributed by atoms with Crippen LogP contribution in [0.1, 0.15) is 44.7 Å². The maximum Gasteiger partial charge on any atom is 0.219 e. The molecule has 0 saturated heterocycles. The molecule has 1 atom stereocenters. The number of nitrogens with zero attached hydrogens (tertiary/aromatic N) is 1. The zero-order valence-corrected chi connectivity index (χ0v) is 16.0. The SMILES string of the molecule is CCCc1ccc(Oc2ccc(/C=C(\F)[C@H](C)CC(C)=O)cn2)c(Cl)c1. The summed E-state index contributed by atoms with van der Waals surface area (Å²) < 4.78 is 19.8. The lowest BCUT2D eigenvalue weighted by molar-refractivity contribution is -0.117. The standard InChI is InChI=1S/C21H23ClFNO2/c1-4-5-16-6-8-20(18(22)11-16)26-21-9-7-17(13-24-21)12-19(23)14(2)10-15(3)25/h6-9,11-14H,4-5,10H2,1-3H3/b19-12-/t14-/m1/s1. The van der Waals surface area contributed by atoms with E-state index < -0.39 is 5.92 Å². The van der Waals surface area contributed by atoms with E-state index in [1.54, 1.807) is 19.1 Å². The number of hydrogen-bond acceptors (Lipinski definition) is 3. The minimum Gasteiger partial charge on any atom is -0.437 e. The fourth-order valence-electron chi connectivity index (χ4n) is 2.55. The zero-order valence-electron chi connectivity index (χ0n) is 15.3. The average Bonchev–Trinajstić information content (AvgIpc) is 2.58. The highest BCUT2D eigenvalue weighted by molar-refractivity contribution is 6.32. The van der Waals surface area contributed by atoms with E-state index in [0.717, 1.165) is 18.4 Å². The molecule has 0 N–H and O–H groups in total. The number of aryl methyl sites for hydroxylation is 1. The van der Waals surface area contributed by atoms with Crippen molar-refractivity contribution in [2.45, 2.75) is 40.0 Å². The number of benzene rings is 1. The second-order valence-corrected chi connectivity index (χ2v) is 6.79. The molecule has 2 rings (SSSR count). The van der Waals surface area contributed by atoms with Gasteiger partial charge < -0.3 is 9.53 Å². The van der Waals surface area contributed by atoms with E-state index in [1.165, 1.54) is 19.2 Å². The van der Waals surface area contributed by atoms with Gasteiger partial charge in [-0.2, -0.15) is 0 Å². The van der Waals surface area contributed by atoms with Crippen molar-refractivity contribution in [3.05, 3.63) is 58.5 Å². The molecule has 3 nitrogen and oxygen atoms in total. The topological polar surface area (TPSA) is 39.2 Å². The summed E-state index contributed by atoms with van der Waals surface area (Å²) >= 11 is 6.25. The Balaban J connectivity index is 2.06. The average molecular weight is 376 g/mol. The molecule has 1 aromatic heterocycles. The molecule has 2 aromatic rings. The van der Waals surface area contributed by atoms with Crippen LogP contribution in [0, 0.1) is 5.92 Å². The number of rotatable bonds is 8. The second-order valence-electron chi connectivity index (χ2n) is 6.38. The molecule has 1 heterocycles. The van der Waals surface area contributed by atoms with Crippen molar-refractivity contribution in [1.29, 1.82) is 0 Å². The van der Waals surface area contributed by atoms with Crippen molar-refractivity contribution in [2.75, 3.05) is 0 Å². The molecular weight excluding hydrogens is 353 g/mol. The van der Waals surface area contributed by atoms with Gasteiger partial charge in [0.2, 0.25) is 5.88 Å². The zero-order chi connectivity index (χ0) is 19.1. The molecule has 0 radical (unpaired) electrons. The Bertz CT molecular complexity index is 787. The molecule has 0 saturated carbocycles. The molecule has 0 unspecified atom stereocenters. The molecule has 0 aliphatic rings. The Kier molecular flexibility index (Phi) is 7.34. The minimum absolute atomic E-state index is 0.0373. The van der Waals surface area contributed by atoms with Gasteiger partial charge in [0.15, 0.2) is 0 Å². The summed E-state index contributed by atoms with van der Waals surface area (Å²) in [6.07, 6.45) is 5.11. The normalized spacial score (nSPS) is 12.7. The number of hydrogen-bond donors (Lipinski definition) is 0. The number of pyridine rings is 1. The molecule has 5 heteroatoms. The van der Waals surface area contributed by atoms with Gasteiger partial charge in [0.25, 0.3) is 0 Å². The van der Waals surface area contributed by atoms with Crippen LogP contribution < -0.4 is 4.74 Å². The lowest BCUT2D eigenvalue weighted by Crippen LogP contribution is -2.02. The Morgan fingerprint density at radius 2 is 2.12 bits per heavy atom. The number of Topliss-reactive ketones (excluding diaryl/α,β-unsaturated/α-hetero) is 1. The van der Waals surface area contributed by atoms with Gasteiger partial charge in [-0.15, -0.1) is 0 Å². The van der Waals surface area contributed by atoms with Crippen LogP contribution >= 0.6 is 11.6 Å². The first kappa shape index (κ1) is 20.1. The molecule has 1 aromatic carbocycles. The predicted octanol–water partition coefficient (Wildman–Crippen LogP) is 6.41. The molecule has 0 bridgehead atoms. The van der Waals surface area contributed by atoms with Crippen molar-refractivity contribution in [3.8, 4) is 11.6 Å². The first-order chi connectivity index (χ1) is 12.4. The highest BCUT2D eigenvalue weighted by Gasteiger charge is 2.11. The highest BCUT2D eigenvalue weighted by atomic mass is 35.5. The fraction of sp³-hybridized carbons (Fsp3) is 0.333. The smallest absolute Gasteiger partial charge is 0.219 e. The van der Waals surface area contributed by atoms with E-state index in [-0.39, 0.29) is 18.0 Å². The van der Waals surface area contributed by atoms with Gasteiger partial charge in [0.05, 0.1) is 5.02 Å². The maximum atomic E-state index is 14.1. The number of allylic oxidation sites excluding steroid dienone is 1. The van der Waals surface area contributed by atoms with Crippen LogP contribution in [0.5, 0.6) is 11.6 Å². The van der Waals surface area contributed by atoms with Crippen molar-refractivity contribution < 1.29 is 13.9 Å². The molecule has 0 amide bonds. The quantitative estimate of drug-likeness (QED) is 0.535. The van der Waals surface area contributed by atoms with Crippen molar-refractivity contribution in [1.82, 2.24) is 4.98 Å². The maximum absolute atomic E-state index is 14.1. The van der Waals surface area contributed by atoms with Gasteiger partial charge in [-0.25, -0.2) is 9.37 Å². The molecule has 138 valence electrons. The van der Waals surface area contributed by atoms with Crippen LogP contribution in [-0.4, -0.2) is 10.8 Å². The second kappa shape index (κ2) is 9.48. The van der Waals surface area contributed by atoms with Gasteiger partial charge in [0.1, 0.15) is 17.4 Å². The summed E-state index contributed by atoms with van der Waals surface area (Å²) in [5, 5.41) is 0.533. The van der Waals surface area contributed by atoms with E-state index in [1.807, 2.05) is 18.2 Å². The Hall–Kier alpha value is -2.20. The molecule has 26 heavy (non-hydrogen) atoms. The van der Waals surface area contributed by atoms with Crippen LogP contribution in [0.15, 0.2) is 42.4 Å². The van der Waals surface area contributed by atoms with Crippen molar-refractivity contribution in [3.63, 3.8) is 0 Å². The van der Waals surface area contributed by atoms with Gasteiger partial charge in [-0.05, 0) is 48.7 Å². The molecule has 0 aliphatic heterocycles. The van der Waals surface area contributed by atoms with Crippen LogP contribution in [0.25, 0.3) is 6.08 Å². The number of halogens is 2. The minimum atomic E-state index is -0.441. The van der Waals surface area contributed by atoms with Crippen LogP contribution in [0.3, 0.4) is 0 Å². The van der Waals surface area contributed by atoms with Gasteiger partial charge in [-0.3, -0.25) is 0 Å². The molecular formula is C21H23ClFNO2. The number of aromatic nitrogens is 1. The third-order valence-corrected chi connectivity index (χ3v) is 4.17. The lowest BCUT2D eigenvalue weighted by Gasteiger charge is -2.09. The molecule has 0 spiro atoms. The van der Waals surface area contributed by atoms with E-state index >= 15 is 0 Å². The summed E-state index contributed by atoms with van der Waals surface area (Å²) in [4.78, 5) is 15.3. The number of carbonyl (C=O) groups is 1. The Morgan fingerprint density at radius 3 is 2.69 bits per heavy atom. The largest absolute Gasteiger partial charge is 0.437 e. The number of carbonyl (C=O) groups excluding carboxylic acids is 1. The molecule has 0 fully saturated rings. The number of ketones is 1. The van der Waals surface area contributed by atoms with E-state index in [9.17, 15) is 9.18 Å². The van der Waals surface area contributed by atoms with E-state index in [4.69, 9.17) is 16.3 Å². The summed E-state index contributed by atoms with van der Waals surface area (Å²) in [6, 6.07) is 9.07. The summed E-state index contributed by atoms with van der Waals surface area (Å²) in [5.41, 5.74) is 1.77. The van der Waals surface area contributed by atoms with Gasteiger partial charge in [0, 0.05) is 24.6 Å². The fourth-order valence-corrected chi connectivity index (χ4v) is 2.79. The summed E-state index contributed by atoms with van der Waals surface area (Å²) in [6.45, 7) is 5.25. The van der Waals surface area contributed by atoms with Crippen molar-refractivity contribution in [2.24, 2.45) is 5.92 Å². The lowest BCUT2D eigenvalue weighted by atomic mass is 10.0. The van der Waals surface area contributed by atoms with Crippen molar-refractivity contribution >= 4 is 23.5 Å². The number of ether oxygens (including phenoxy) is 1. The summed E-state index contributed by atoms with van der Waals surface area (Å²) in [7, 11) is 0. The third kappa shape index (κ3) is 5.95. The first-order valence-electron chi connectivity index (χ1n) is 8.68. The van der Waals surface area contributed by atoms with E-state index in [2.05, 4.69) is 11.9 Å². The van der Waals surface area contributed by atoms with Crippen LogP contribution in [0.4, 0.5) is 4.39 Å². The third-order valence-electron chi connectivity index (χ3n) is 3.88. The predicted molar refractivity (Wildman–Crippen MR) is 103 cm³/mol. The molecule has 0 aliphatic carbocycles. The van der Waals surface area contributed by atoms with Crippen LogP contribution in [-0.2, 0) is 11.2 Å². The highest BCUT2D eigenvalue weighted by Crippen LogP contribution is 2.30. The monoisotopic (exact) mass is 375 g/mol. The van der Waals surface area contributed by atoms with Gasteiger partial charge >= 0.3 is 0 Å². The first-order valence-corrected chi connectivity index (χ1v) is 9.05. The Labute approximate surface area is 158 Å². The van der Waals surface area contributed by atoms with Gasteiger partial charge in [-0.1, -0.05) is 37.9 Å². The Morgan fingerprint density at radius 1 is 1.35 bits per heavy atom. The van der Waals surface area contributed by atoms with Crippen LogP contribution in [0.2, 0.25) is 5.02 Å².